The molecule has 108 valence electrons. The molecule has 0 bridgehead atoms. The van der Waals surface area contributed by atoms with Gasteiger partial charge in [0.2, 0.25) is 0 Å². The van der Waals surface area contributed by atoms with Crippen molar-refractivity contribution in [3.05, 3.63) is 71.6 Å². The van der Waals surface area contributed by atoms with Crippen molar-refractivity contribution in [3.8, 4) is 0 Å². The van der Waals surface area contributed by atoms with Gasteiger partial charge < -0.3 is 10.0 Å². The molecule has 0 unspecified atom stereocenters. The highest BCUT2D eigenvalue weighted by Crippen LogP contribution is 2.17. The second-order valence-corrected chi connectivity index (χ2v) is 4.72. The minimum atomic E-state index is -1.10. The van der Waals surface area contributed by atoms with Crippen LogP contribution in [0.3, 0.4) is 0 Å². The average Bonchev–Trinajstić information content (AvgIpc) is 2.48. The minimum Gasteiger partial charge on any atom is -0.478 e. The van der Waals surface area contributed by atoms with E-state index in [1.54, 1.807) is 12.1 Å². The molecule has 2 aromatic rings. The van der Waals surface area contributed by atoms with Gasteiger partial charge in [0, 0.05) is 30.9 Å². The van der Waals surface area contributed by atoms with Gasteiger partial charge >= 0.3 is 5.97 Å². The van der Waals surface area contributed by atoms with Gasteiger partial charge in [-0.05, 0) is 35.9 Å². The number of carboxylic acids is 1. The van der Waals surface area contributed by atoms with Crippen LogP contribution in [-0.2, 0) is 11.3 Å². The lowest BCUT2D eigenvalue weighted by Crippen LogP contribution is -2.16. The van der Waals surface area contributed by atoms with Gasteiger partial charge in [-0.25, -0.2) is 9.18 Å². The smallest absolute Gasteiger partial charge is 0.328 e. The lowest BCUT2D eigenvalue weighted by molar-refractivity contribution is -0.131. The highest BCUT2D eigenvalue weighted by Gasteiger charge is 2.05. The van der Waals surface area contributed by atoms with Crippen molar-refractivity contribution in [3.63, 3.8) is 0 Å². The van der Waals surface area contributed by atoms with Crippen LogP contribution in [-0.4, -0.2) is 18.1 Å². The van der Waals surface area contributed by atoms with Crippen molar-refractivity contribution in [1.29, 1.82) is 0 Å². The van der Waals surface area contributed by atoms with Crippen molar-refractivity contribution >= 4 is 17.7 Å². The Hall–Kier alpha value is -2.62. The molecule has 21 heavy (non-hydrogen) atoms. The van der Waals surface area contributed by atoms with E-state index in [9.17, 15) is 9.18 Å². The van der Waals surface area contributed by atoms with E-state index in [0.717, 1.165) is 17.3 Å². The minimum absolute atomic E-state index is 0.274. The molecule has 0 radical (unpaired) electrons. The molecule has 0 saturated carbocycles. The van der Waals surface area contributed by atoms with Crippen LogP contribution >= 0.6 is 0 Å². The van der Waals surface area contributed by atoms with Crippen molar-refractivity contribution in [2.45, 2.75) is 6.54 Å². The topological polar surface area (TPSA) is 40.5 Å². The summed E-state index contributed by atoms with van der Waals surface area (Å²) in [6, 6.07) is 14.6. The quantitative estimate of drug-likeness (QED) is 0.854. The standard InChI is InChI=1S/C17H16FNO2/c1-19(15-5-3-2-4-6-15)12-13-7-9-16(18)14(11-13)8-10-17(20)21/h2-11H,12H2,1H3,(H,20,21). The first kappa shape index (κ1) is 14.8. The Bertz CT molecular complexity index is 653. The van der Waals surface area contributed by atoms with Gasteiger partial charge in [0.1, 0.15) is 5.82 Å². The molecule has 3 nitrogen and oxygen atoms in total. The molecule has 0 aliphatic carbocycles. The van der Waals surface area contributed by atoms with Gasteiger partial charge in [-0.15, -0.1) is 0 Å². The lowest BCUT2D eigenvalue weighted by Gasteiger charge is -2.19. The molecule has 0 aromatic heterocycles. The Kier molecular flexibility index (Phi) is 4.72. The predicted molar refractivity (Wildman–Crippen MR) is 81.6 cm³/mol. The fourth-order valence-corrected chi connectivity index (χ4v) is 2.03. The van der Waals surface area contributed by atoms with Crippen LogP contribution in [0.5, 0.6) is 0 Å². The van der Waals surface area contributed by atoms with Gasteiger partial charge in [-0.3, -0.25) is 0 Å². The zero-order chi connectivity index (χ0) is 15.2. The molecular formula is C17H16FNO2. The number of anilines is 1. The maximum Gasteiger partial charge on any atom is 0.328 e. The van der Waals surface area contributed by atoms with E-state index in [-0.39, 0.29) is 5.56 Å². The van der Waals surface area contributed by atoms with E-state index < -0.39 is 11.8 Å². The molecule has 4 heteroatoms. The van der Waals surface area contributed by atoms with Crippen LogP contribution in [0.4, 0.5) is 10.1 Å². The number of carbonyl (C=O) groups is 1. The highest BCUT2D eigenvalue weighted by molar-refractivity contribution is 5.85. The Morgan fingerprint density at radius 3 is 2.62 bits per heavy atom. The Morgan fingerprint density at radius 1 is 1.24 bits per heavy atom. The van der Waals surface area contributed by atoms with Crippen molar-refractivity contribution in [1.82, 2.24) is 0 Å². The number of rotatable bonds is 5. The number of benzene rings is 2. The Labute approximate surface area is 123 Å². The fraction of sp³-hybridized carbons (Fsp3) is 0.118. The normalized spacial score (nSPS) is 10.8. The van der Waals surface area contributed by atoms with Crippen LogP contribution in [0.25, 0.3) is 6.08 Å². The molecule has 0 heterocycles. The summed E-state index contributed by atoms with van der Waals surface area (Å²) >= 11 is 0. The van der Waals surface area contributed by atoms with Gasteiger partial charge in [-0.1, -0.05) is 24.3 Å². The van der Waals surface area contributed by atoms with E-state index in [0.29, 0.717) is 6.54 Å². The fourth-order valence-electron chi connectivity index (χ4n) is 2.03. The summed E-state index contributed by atoms with van der Waals surface area (Å²) in [6.45, 7) is 0.609. The van der Waals surface area contributed by atoms with E-state index in [2.05, 4.69) is 0 Å². The third-order valence-corrected chi connectivity index (χ3v) is 3.08. The molecule has 0 aliphatic heterocycles. The predicted octanol–water partition coefficient (Wildman–Crippen LogP) is 3.56. The van der Waals surface area contributed by atoms with Crippen molar-refractivity contribution in [2.75, 3.05) is 11.9 Å². The number of halogens is 1. The average molecular weight is 285 g/mol. The highest BCUT2D eigenvalue weighted by atomic mass is 19.1. The van der Waals surface area contributed by atoms with E-state index in [4.69, 9.17) is 5.11 Å². The number of hydrogen-bond donors (Lipinski definition) is 1. The van der Waals surface area contributed by atoms with Crippen LogP contribution < -0.4 is 4.90 Å². The summed E-state index contributed by atoms with van der Waals surface area (Å²) in [7, 11) is 1.95. The zero-order valence-electron chi connectivity index (χ0n) is 11.7. The molecule has 0 amide bonds. The molecular weight excluding hydrogens is 269 g/mol. The molecule has 2 rings (SSSR count). The molecule has 0 fully saturated rings. The lowest BCUT2D eigenvalue weighted by atomic mass is 10.1. The number of aliphatic carboxylic acids is 1. The van der Waals surface area contributed by atoms with Crippen LogP contribution in [0.2, 0.25) is 0 Å². The molecule has 2 aromatic carbocycles. The summed E-state index contributed by atoms with van der Waals surface area (Å²) in [4.78, 5) is 12.6. The van der Waals surface area contributed by atoms with Crippen LogP contribution in [0.15, 0.2) is 54.6 Å². The van der Waals surface area contributed by atoms with Crippen LogP contribution in [0.1, 0.15) is 11.1 Å². The molecule has 0 spiro atoms. The van der Waals surface area contributed by atoms with E-state index >= 15 is 0 Å². The Balaban J connectivity index is 2.17. The largest absolute Gasteiger partial charge is 0.478 e. The second-order valence-electron chi connectivity index (χ2n) is 4.72. The molecule has 0 aliphatic rings. The molecule has 1 N–H and O–H groups in total. The van der Waals surface area contributed by atoms with Crippen LogP contribution in [0, 0.1) is 5.82 Å². The Morgan fingerprint density at radius 2 is 1.95 bits per heavy atom. The van der Waals surface area contributed by atoms with Crippen molar-refractivity contribution in [2.24, 2.45) is 0 Å². The third-order valence-electron chi connectivity index (χ3n) is 3.08. The first-order valence-electron chi connectivity index (χ1n) is 6.52. The maximum atomic E-state index is 13.6. The zero-order valence-corrected chi connectivity index (χ0v) is 11.7. The SMILES string of the molecule is CN(Cc1ccc(F)c(C=CC(=O)O)c1)c1ccccc1. The third kappa shape index (κ3) is 4.18. The van der Waals surface area contributed by atoms with Gasteiger partial charge in [0.15, 0.2) is 0 Å². The van der Waals surface area contributed by atoms with Gasteiger partial charge in [-0.2, -0.15) is 0 Å². The molecule has 0 atom stereocenters. The summed E-state index contributed by atoms with van der Waals surface area (Å²) in [5.41, 5.74) is 2.24. The second kappa shape index (κ2) is 6.70. The van der Waals surface area contributed by atoms with Gasteiger partial charge in [0.25, 0.3) is 0 Å². The summed E-state index contributed by atoms with van der Waals surface area (Å²) < 4.78 is 13.6. The van der Waals surface area contributed by atoms with E-state index in [1.165, 1.54) is 12.1 Å². The summed E-state index contributed by atoms with van der Waals surface area (Å²) in [5.74, 6) is -1.53. The monoisotopic (exact) mass is 285 g/mol. The number of para-hydroxylation sites is 1. The number of nitrogens with zero attached hydrogens (tertiary/aromatic N) is 1. The first-order valence-corrected chi connectivity index (χ1v) is 6.52. The summed E-state index contributed by atoms with van der Waals surface area (Å²) in [6.07, 6.45) is 2.20. The number of hydrogen-bond acceptors (Lipinski definition) is 2. The van der Waals surface area contributed by atoms with Crippen molar-refractivity contribution < 1.29 is 14.3 Å². The van der Waals surface area contributed by atoms with Gasteiger partial charge in [0.05, 0.1) is 0 Å². The maximum absolute atomic E-state index is 13.6. The number of carboxylic acid groups (broad SMARTS) is 1. The summed E-state index contributed by atoms with van der Waals surface area (Å²) in [5, 5.41) is 8.61. The molecule has 0 saturated heterocycles. The first-order chi connectivity index (χ1) is 10.1. The van der Waals surface area contributed by atoms with E-state index in [1.807, 2.05) is 42.3 Å².